The molecule has 0 spiro atoms. The van der Waals surface area contributed by atoms with Crippen LogP contribution >= 0.6 is 0 Å². The van der Waals surface area contributed by atoms with Crippen LogP contribution in [0.3, 0.4) is 0 Å². The number of carbonyl (C=O) groups is 1. The first-order valence-corrected chi connectivity index (χ1v) is 8.64. The molecule has 0 bridgehead atoms. The lowest BCUT2D eigenvalue weighted by molar-refractivity contribution is -0.617. The zero-order valence-corrected chi connectivity index (χ0v) is 15.1. The zero-order chi connectivity index (χ0) is 18.3. The van der Waals surface area contributed by atoms with Gasteiger partial charge in [0.15, 0.2) is 0 Å². The van der Waals surface area contributed by atoms with E-state index >= 15 is 0 Å². The minimum Gasteiger partial charge on any atom is -0.423 e. The highest BCUT2D eigenvalue weighted by molar-refractivity contribution is 6.13. The topological polar surface area (TPSA) is 30.2 Å². The maximum Gasteiger partial charge on any atom is 0.345 e. The Morgan fingerprint density at radius 2 is 1.50 bits per heavy atom. The van der Waals surface area contributed by atoms with Gasteiger partial charge in [-0.1, -0.05) is 35.9 Å². The number of hydrogen-bond acceptors (Lipinski definition) is 2. The van der Waals surface area contributed by atoms with Crippen LogP contribution in [0.1, 0.15) is 21.5 Å². The Kier molecular flexibility index (Phi) is 3.92. The van der Waals surface area contributed by atoms with Crippen LogP contribution in [-0.4, -0.2) is 5.97 Å². The molecule has 3 heteroatoms. The van der Waals surface area contributed by atoms with Crippen molar-refractivity contribution >= 4 is 27.8 Å². The molecule has 3 aromatic carbocycles. The van der Waals surface area contributed by atoms with Crippen molar-refractivity contribution in [3.05, 3.63) is 83.4 Å². The SMILES string of the molecule is Cc1ccc2c(c1)c(C(=O)Oc1ccccc1)c1ccc(C)cc1[n+]2C. The molecule has 1 aromatic heterocycles. The van der Waals surface area contributed by atoms with E-state index in [-0.39, 0.29) is 5.97 Å². The second-order valence-corrected chi connectivity index (χ2v) is 6.68. The highest BCUT2D eigenvalue weighted by Gasteiger charge is 2.24. The van der Waals surface area contributed by atoms with Crippen molar-refractivity contribution in [2.24, 2.45) is 7.05 Å². The van der Waals surface area contributed by atoms with Crippen molar-refractivity contribution in [2.45, 2.75) is 13.8 Å². The van der Waals surface area contributed by atoms with Crippen LogP contribution in [0, 0.1) is 13.8 Å². The van der Waals surface area contributed by atoms with E-state index in [9.17, 15) is 4.79 Å². The van der Waals surface area contributed by atoms with Crippen molar-refractivity contribution in [3.63, 3.8) is 0 Å². The number of rotatable bonds is 2. The molecular formula is C23H20NO2+. The summed E-state index contributed by atoms with van der Waals surface area (Å²) >= 11 is 0. The molecule has 0 saturated heterocycles. The molecule has 3 nitrogen and oxygen atoms in total. The molecule has 0 saturated carbocycles. The summed E-state index contributed by atoms with van der Waals surface area (Å²) in [6.07, 6.45) is 0. The Bertz CT molecular complexity index is 1150. The fourth-order valence-electron chi connectivity index (χ4n) is 3.41. The van der Waals surface area contributed by atoms with E-state index in [1.165, 1.54) is 0 Å². The first kappa shape index (κ1) is 16.3. The molecule has 0 unspecified atom stereocenters. The molecule has 0 N–H and O–H groups in total. The summed E-state index contributed by atoms with van der Waals surface area (Å²) in [5.74, 6) is 0.216. The summed E-state index contributed by atoms with van der Waals surface area (Å²) in [7, 11) is 2.03. The van der Waals surface area contributed by atoms with Gasteiger partial charge >= 0.3 is 5.97 Å². The van der Waals surface area contributed by atoms with Gasteiger partial charge in [-0.25, -0.2) is 4.79 Å². The summed E-state index contributed by atoms with van der Waals surface area (Å²) in [6.45, 7) is 4.09. The third-order valence-corrected chi connectivity index (χ3v) is 4.72. The fourth-order valence-corrected chi connectivity index (χ4v) is 3.41. The maximum absolute atomic E-state index is 13.1. The van der Waals surface area contributed by atoms with Crippen molar-refractivity contribution in [1.82, 2.24) is 0 Å². The Labute approximate surface area is 152 Å². The van der Waals surface area contributed by atoms with E-state index in [1.807, 2.05) is 44.3 Å². The largest absolute Gasteiger partial charge is 0.423 e. The van der Waals surface area contributed by atoms with Gasteiger partial charge in [0.2, 0.25) is 11.0 Å². The summed E-state index contributed by atoms with van der Waals surface area (Å²) < 4.78 is 7.81. The Balaban J connectivity index is 2.02. The van der Waals surface area contributed by atoms with Crippen LogP contribution in [0.25, 0.3) is 21.8 Å². The maximum atomic E-state index is 13.1. The Morgan fingerprint density at radius 1 is 0.808 bits per heavy atom. The van der Waals surface area contributed by atoms with Crippen molar-refractivity contribution in [1.29, 1.82) is 0 Å². The van der Waals surface area contributed by atoms with E-state index in [1.54, 1.807) is 12.1 Å². The molecule has 0 amide bonds. The second kappa shape index (κ2) is 6.26. The molecule has 26 heavy (non-hydrogen) atoms. The number of benzene rings is 3. The van der Waals surface area contributed by atoms with Crippen molar-refractivity contribution in [3.8, 4) is 5.75 Å². The van der Waals surface area contributed by atoms with E-state index in [0.29, 0.717) is 11.3 Å². The number of para-hydroxylation sites is 1. The molecule has 4 rings (SSSR count). The lowest BCUT2D eigenvalue weighted by Crippen LogP contribution is -2.31. The van der Waals surface area contributed by atoms with Gasteiger partial charge in [-0.15, -0.1) is 0 Å². The zero-order valence-electron chi connectivity index (χ0n) is 15.1. The van der Waals surface area contributed by atoms with Gasteiger partial charge in [0.05, 0.1) is 16.3 Å². The van der Waals surface area contributed by atoms with Crippen LogP contribution < -0.4 is 9.30 Å². The molecule has 0 aliphatic carbocycles. The number of hydrogen-bond donors (Lipinski definition) is 0. The number of aryl methyl sites for hydroxylation is 3. The molecular weight excluding hydrogens is 322 g/mol. The first-order chi connectivity index (χ1) is 12.5. The number of carbonyl (C=O) groups excluding carboxylic acids is 1. The number of ether oxygens (including phenoxy) is 1. The number of fused-ring (bicyclic) bond motifs is 2. The second-order valence-electron chi connectivity index (χ2n) is 6.68. The standard InChI is InChI=1S/C23H20NO2/c1-15-10-12-20-19(13-15)22(23(25)26-17-7-5-4-6-8-17)18-11-9-16(2)14-21(18)24(20)3/h4-14H,1-3H3/q+1. The number of aromatic nitrogens is 1. The summed E-state index contributed by atoms with van der Waals surface area (Å²) in [6, 6.07) is 21.5. The average Bonchev–Trinajstić information content (AvgIpc) is 2.63. The summed E-state index contributed by atoms with van der Waals surface area (Å²) in [5.41, 5.74) is 4.90. The van der Waals surface area contributed by atoms with Gasteiger partial charge in [0, 0.05) is 12.1 Å². The third-order valence-electron chi connectivity index (χ3n) is 4.72. The van der Waals surface area contributed by atoms with Crippen molar-refractivity contribution in [2.75, 3.05) is 0 Å². The van der Waals surface area contributed by atoms with E-state index < -0.39 is 0 Å². The van der Waals surface area contributed by atoms with Gasteiger partial charge < -0.3 is 4.74 Å². The number of nitrogens with zero attached hydrogens (tertiary/aromatic N) is 1. The predicted octanol–water partition coefficient (Wildman–Crippen LogP) is 4.65. The first-order valence-electron chi connectivity index (χ1n) is 8.64. The van der Waals surface area contributed by atoms with E-state index in [4.69, 9.17) is 4.74 Å². The molecule has 0 radical (unpaired) electrons. The highest BCUT2D eigenvalue weighted by Crippen LogP contribution is 2.27. The molecule has 4 aromatic rings. The lowest BCUT2D eigenvalue weighted by atomic mass is 9.99. The summed E-state index contributed by atoms with van der Waals surface area (Å²) in [4.78, 5) is 13.1. The fraction of sp³-hybridized carbons (Fsp3) is 0.130. The summed E-state index contributed by atoms with van der Waals surface area (Å²) in [5, 5.41) is 1.81. The third kappa shape index (κ3) is 2.72. The minimum atomic E-state index is -0.332. The molecule has 0 aliphatic rings. The van der Waals surface area contributed by atoms with Crippen LogP contribution in [0.4, 0.5) is 0 Å². The van der Waals surface area contributed by atoms with Crippen LogP contribution in [0.2, 0.25) is 0 Å². The Hall–Kier alpha value is -3.20. The molecule has 1 heterocycles. The number of pyridine rings is 1. The van der Waals surface area contributed by atoms with E-state index in [2.05, 4.69) is 35.8 Å². The van der Waals surface area contributed by atoms with Crippen LogP contribution in [0.5, 0.6) is 5.75 Å². The molecule has 0 fully saturated rings. The lowest BCUT2D eigenvalue weighted by Gasteiger charge is -2.11. The van der Waals surface area contributed by atoms with E-state index in [0.717, 1.165) is 32.9 Å². The van der Waals surface area contributed by atoms with Gasteiger partial charge in [-0.3, -0.25) is 0 Å². The van der Waals surface area contributed by atoms with Gasteiger partial charge in [-0.2, -0.15) is 4.57 Å². The highest BCUT2D eigenvalue weighted by atomic mass is 16.5. The predicted molar refractivity (Wildman–Crippen MR) is 104 cm³/mol. The van der Waals surface area contributed by atoms with Gasteiger partial charge in [0.1, 0.15) is 12.8 Å². The Morgan fingerprint density at radius 3 is 2.27 bits per heavy atom. The van der Waals surface area contributed by atoms with Crippen LogP contribution in [-0.2, 0) is 7.05 Å². The molecule has 0 aliphatic heterocycles. The van der Waals surface area contributed by atoms with Crippen LogP contribution in [0.15, 0.2) is 66.7 Å². The monoisotopic (exact) mass is 342 g/mol. The molecule has 0 atom stereocenters. The molecule has 128 valence electrons. The van der Waals surface area contributed by atoms with Gasteiger partial charge in [0.25, 0.3) is 0 Å². The smallest absolute Gasteiger partial charge is 0.345 e. The quantitative estimate of drug-likeness (QED) is 0.230. The number of esters is 1. The average molecular weight is 342 g/mol. The van der Waals surface area contributed by atoms with Crippen molar-refractivity contribution < 1.29 is 14.1 Å². The normalized spacial score (nSPS) is 11.0. The van der Waals surface area contributed by atoms with Gasteiger partial charge in [-0.05, 0) is 43.7 Å². The minimum absolute atomic E-state index is 0.332.